The first-order valence-corrected chi connectivity index (χ1v) is 8.86. The van der Waals surface area contributed by atoms with Crippen LogP contribution in [-0.4, -0.2) is 11.0 Å². The third-order valence-corrected chi connectivity index (χ3v) is 4.93. The zero-order valence-corrected chi connectivity index (χ0v) is 15.4. The van der Waals surface area contributed by atoms with E-state index in [0.29, 0.717) is 6.04 Å². The van der Waals surface area contributed by atoms with Crippen molar-refractivity contribution in [2.24, 2.45) is 0 Å². The lowest BCUT2D eigenvalue weighted by atomic mass is 9.95. The van der Waals surface area contributed by atoms with Crippen molar-refractivity contribution in [1.29, 1.82) is 0 Å². The molecule has 2 nitrogen and oxygen atoms in total. The minimum atomic E-state index is 0.243. The molecule has 1 heterocycles. The Kier molecular flexibility index (Phi) is 6.19. The van der Waals surface area contributed by atoms with E-state index in [1.807, 2.05) is 25.3 Å². The Balaban J connectivity index is 2.50. The molecule has 1 N–H and O–H groups in total. The van der Waals surface area contributed by atoms with E-state index < -0.39 is 0 Å². The summed E-state index contributed by atoms with van der Waals surface area (Å²) < 4.78 is 0. The van der Waals surface area contributed by atoms with Gasteiger partial charge in [0, 0.05) is 35.1 Å². The summed E-state index contributed by atoms with van der Waals surface area (Å²) >= 11 is 0. The summed E-state index contributed by atoms with van der Waals surface area (Å²) in [7, 11) is 0. The molecule has 2 heteroatoms. The van der Waals surface area contributed by atoms with E-state index in [0.717, 1.165) is 22.4 Å². The van der Waals surface area contributed by atoms with Crippen LogP contribution >= 0.6 is 0 Å². The van der Waals surface area contributed by atoms with E-state index in [9.17, 15) is 0 Å². The summed E-state index contributed by atoms with van der Waals surface area (Å²) in [5.74, 6) is 0.243. The van der Waals surface area contributed by atoms with Gasteiger partial charge in [-0.1, -0.05) is 50.6 Å². The van der Waals surface area contributed by atoms with E-state index >= 15 is 0 Å². The lowest BCUT2D eigenvalue weighted by Crippen LogP contribution is -2.16. The second kappa shape index (κ2) is 8.14. The summed E-state index contributed by atoms with van der Waals surface area (Å²) in [6.45, 7) is 18.2. The Labute approximate surface area is 147 Å². The molecule has 0 aromatic carbocycles. The third-order valence-electron chi connectivity index (χ3n) is 4.93. The van der Waals surface area contributed by atoms with Crippen molar-refractivity contribution in [2.45, 2.75) is 58.4 Å². The van der Waals surface area contributed by atoms with Gasteiger partial charge < -0.3 is 5.32 Å². The largest absolute Gasteiger partial charge is 0.382 e. The van der Waals surface area contributed by atoms with Gasteiger partial charge in [-0.2, -0.15) is 0 Å². The Hall–Kier alpha value is -2.09. The number of pyridine rings is 1. The highest BCUT2D eigenvalue weighted by atomic mass is 14.9. The van der Waals surface area contributed by atoms with Crippen molar-refractivity contribution < 1.29 is 0 Å². The molecular weight excluding hydrogens is 292 g/mol. The lowest BCUT2D eigenvalue weighted by Gasteiger charge is -2.20. The smallest absolute Gasteiger partial charge is 0.0490 e. The summed E-state index contributed by atoms with van der Waals surface area (Å²) in [4.78, 5) is 4.67. The highest BCUT2D eigenvalue weighted by Gasteiger charge is 2.18. The molecule has 1 aliphatic rings. The lowest BCUT2D eigenvalue weighted by molar-refractivity contribution is 0.753. The van der Waals surface area contributed by atoms with Gasteiger partial charge in [0.1, 0.15) is 0 Å². The average molecular weight is 322 g/mol. The van der Waals surface area contributed by atoms with Crippen molar-refractivity contribution in [2.75, 3.05) is 5.32 Å². The zero-order valence-electron chi connectivity index (χ0n) is 15.4. The van der Waals surface area contributed by atoms with Crippen LogP contribution in [0.3, 0.4) is 0 Å². The molecule has 1 aromatic rings. The minimum absolute atomic E-state index is 0.243. The molecule has 1 unspecified atom stereocenters. The number of hydrogen-bond acceptors (Lipinski definition) is 2. The Morgan fingerprint density at radius 2 is 1.96 bits per heavy atom. The van der Waals surface area contributed by atoms with Crippen LogP contribution in [0.4, 0.5) is 5.69 Å². The molecule has 1 aliphatic carbocycles. The number of anilines is 1. The van der Waals surface area contributed by atoms with E-state index in [1.54, 1.807) is 0 Å². The van der Waals surface area contributed by atoms with Gasteiger partial charge >= 0.3 is 0 Å². The number of nitrogens with zero attached hydrogens (tertiary/aromatic N) is 1. The first kappa shape index (κ1) is 18.3. The van der Waals surface area contributed by atoms with E-state index in [2.05, 4.69) is 50.0 Å². The van der Waals surface area contributed by atoms with Gasteiger partial charge in [0.2, 0.25) is 0 Å². The van der Waals surface area contributed by atoms with Crippen LogP contribution in [0.2, 0.25) is 0 Å². The van der Waals surface area contributed by atoms with Crippen LogP contribution in [0.25, 0.3) is 5.57 Å². The minimum Gasteiger partial charge on any atom is -0.382 e. The molecular formula is C22H30N2. The van der Waals surface area contributed by atoms with Crippen LogP contribution in [0.5, 0.6) is 0 Å². The molecule has 0 saturated heterocycles. The topological polar surface area (TPSA) is 24.9 Å². The fourth-order valence-electron chi connectivity index (χ4n) is 3.34. The zero-order chi connectivity index (χ0) is 17.7. The van der Waals surface area contributed by atoms with Crippen LogP contribution in [-0.2, 0) is 0 Å². The van der Waals surface area contributed by atoms with E-state index in [-0.39, 0.29) is 5.92 Å². The predicted octanol–water partition coefficient (Wildman–Crippen LogP) is 6.26. The Morgan fingerprint density at radius 1 is 1.29 bits per heavy atom. The summed E-state index contributed by atoms with van der Waals surface area (Å²) in [5, 5.41) is 3.76. The first-order chi connectivity index (χ1) is 11.5. The predicted molar refractivity (Wildman–Crippen MR) is 106 cm³/mol. The van der Waals surface area contributed by atoms with Crippen LogP contribution in [0.15, 0.2) is 55.3 Å². The molecule has 1 aromatic heterocycles. The Bertz CT molecular complexity index is 661. The normalized spacial score (nSPS) is 17.1. The van der Waals surface area contributed by atoms with Crippen molar-refractivity contribution in [3.8, 4) is 0 Å². The SMILES string of the molecule is C=C/C(C(=C)C)=C(/C)c1cnc(C(C)C=C)cc1NC1CCCC1. The molecule has 0 amide bonds. The molecule has 1 atom stereocenters. The molecule has 2 rings (SSSR count). The maximum absolute atomic E-state index is 4.67. The third kappa shape index (κ3) is 4.05. The second-order valence-corrected chi connectivity index (χ2v) is 6.83. The first-order valence-electron chi connectivity index (χ1n) is 8.86. The highest BCUT2D eigenvalue weighted by molar-refractivity contribution is 5.80. The summed E-state index contributed by atoms with van der Waals surface area (Å²) in [6, 6.07) is 2.74. The standard InChI is InChI=1S/C22H30N2/c1-7-16(5)21-13-22(24-18-11-9-10-12-18)20(14-23-21)17(6)19(8-2)15(3)4/h7-8,13-14,16,18H,1-3,9-12H2,4-6H3,(H,23,24)/b19-17+. The number of rotatable bonds is 7. The average Bonchev–Trinajstić information content (AvgIpc) is 3.07. The van der Waals surface area contributed by atoms with Crippen molar-refractivity contribution in [3.63, 3.8) is 0 Å². The number of nitrogens with one attached hydrogen (secondary N) is 1. The van der Waals surface area contributed by atoms with E-state index in [1.165, 1.54) is 36.9 Å². The molecule has 1 saturated carbocycles. The quantitative estimate of drug-likeness (QED) is 0.473. The van der Waals surface area contributed by atoms with Gasteiger partial charge in [0.25, 0.3) is 0 Å². The number of allylic oxidation sites excluding steroid dienone is 5. The molecule has 0 radical (unpaired) electrons. The van der Waals surface area contributed by atoms with Gasteiger partial charge in [-0.25, -0.2) is 0 Å². The molecule has 0 bridgehead atoms. The highest BCUT2D eigenvalue weighted by Crippen LogP contribution is 2.33. The van der Waals surface area contributed by atoms with E-state index in [4.69, 9.17) is 0 Å². The fourth-order valence-corrected chi connectivity index (χ4v) is 3.34. The van der Waals surface area contributed by atoms with Gasteiger partial charge in [0.15, 0.2) is 0 Å². The molecule has 1 fully saturated rings. The van der Waals surface area contributed by atoms with Crippen LogP contribution in [0.1, 0.15) is 63.6 Å². The van der Waals surface area contributed by atoms with Gasteiger partial charge in [-0.3, -0.25) is 4.98 Å². The summed E-state index contributed by atoms with van der Waals surface area (Å²) in [6.07, 6.45) is 10.9. The number of hydrogen-bond donors (Lipinski definition) is 1. The molecule has 24 heavy (non-hydrogen) atoms. The molecule has 0 spiro atoms. The van der Waals surface area contributed by atoms with Gasteiger partial charge in [-0.05, 0) is 43.9 Å². The van der Waals surface area contributed by atoms with Crippen molar-refractivity contribution in [1.82, 2.24) is 4.98 Å². The second-order valence-electron chi connectivity index (χ2n) is 6.83. The number of aromatic nitrogens is 1. The summed E-state index contributed by atoms with van der Waals surface area (Å²) in [5.41, 5.74) is 6.65. The van der Waals surface area contributed by atoms with Gasteiger partial charge in [0.05, 0.1) is 0 Å². The molecule has 0 aliphatic heterocycles. The maximum Gasteiger partial charge on any atom is 0.0490 e. The molecule has 128 valence electrons. The van der Waals surface area contributed by atoms with Crippen molar-refractivity contribution >= 4 is 11.3 Å². The fraction of sp³-hybridized carbons (Fsp3) is 0.409. The monoisotopic (exact) mass is 322 g/mol. The van der Waals surface area contributed by atoms with Crippen molar-refractivity contribution in [3.05, 3.63) is 66.6 Å². The maximum atomic E-state index is 4.67. The van der Waals surface area contributed by atoms with Crippen LogP contribution < -0.4 is 5.32 Å². The van der Waals surface area contributed by atoms with Crippen LogP contribution in [0, 0.1) is 0 Å². The van der Waals surface area contributed by atoms with Gasteiger partial charge in [-0.15, -0.1) is 6.58 Å². The Morgan fingerprint density at radius 3 is 2.50 bits per heavy atom.